The molecule has 1 unspecified atom stereocenters. The third-order valence-electron chi connectivity index (χ3n) is 7.65. The smallest absolute Gasteiger partial charge is 0.332 e. The Kier molecular flexibility index (Phi) is 5.76. The maximum Gasteiger partial charge on any atom is 0.332 e. The highest BCUT2D eigenvalue weighted by atomic mass is 19.1. The minimum absolute atomic E-state index is 0.0968. The zero-order chi connectivity index (χ0) is 25.0. The highest BCUT2D eigenvalue weighted by Crippen LogP contribution is 2.46. The second-order valence-corrected chi connectivity index (χ2v) is 9.81. The maximum atomic E-state index is 16.2. The molecule has 2 saturated heterocycles. The van der Waals surface area contributed by atoms with Crippen LogP contribution in [0.4, 0.5) is 8.78 Å². The summed E-state index contributed by atoms with van der Waals surface area (Å²) < 4.78 is 43.9. The number of aryl methyl sites for hydroxylation is 1. The Bertz CT molecular complexity index is 1460. The molecule has 2 N–H and O–H groups in total. The first-order valence-corrected chi connectivity index (χ1v) is 12.3. The molecular weight excluding hydrogens is 468 g/mol. The van der Waals surface area contributed by atoms with E-state index in [4.69, 9.17) is 9.47 Å². The Morgan fingerprint density at radius 3 is 2.64 bits per heavy atom. The quantitative estimate of drug-likeness (QED) is 0.399. The Balaban J connectivity index is 1.66. The van der Waals surface area contributed by atoms with Crippen LogP contribution in [-0.2, 0) is 14.3 Å². The van der Waals surface area contributed by atoms with Gasteiger partial charge in [0.05, 0.1) is 18.3 Å². The number of aromatic amines is 1. The highest BCUT2D eigenvalue weighted by Gasteiger charge is 2.36. The van der Waals surface area contributed by atoms with E-state index in [0.717, 1.165) is 29.8 Å². The average molecular weight is 496 g/mol. The molecule has 36 heavy (non-hydrogen) atoms. The third-order valence-corrected chi connectivity index (χ3v) is 7.65. The lowest BCUT2D eigenvalue weighted by molar-refractivity contribution is -0.153. The number of fused-ring (bicyclic) bond motifs is 2. The Hall–Kier alpha value is -3.30. The number of rotatable bonds is 4. The van der Waals surface area contributed by atoms with Crippen LogP contribution < -0.4 is 0 Å². The van der Waals surface area contributed by atoms with Gasteiger partial charge in [0.2, 0.25) is 0 Å². The summed E-state index contributed by atoms with van der Waals surface area (Å²) in [4.78, 5) is 11.5. The minimum Gasteiger partial charge on any atom is -0.479 e. The molecule has 2 fully saturated rings. The molecule has 2 atom stereocenters. The van der Waals surface area contributed by atoms with E-state index in [2.05, 4.69) is 14.8 Å². The summed E-state index contributed by atoms with van der Waals surface area (Å²) in [5, 5.41) is 17.4. The number of aliphatic carboxylic acids is 1. The van der Waals surface area contributed by atoms with Crippen LogP contribution in [-0.4, -0.2) is 51.8 Å². The van der Waals surface area contributed by atoms with Gasteiger partial charge in [-0.2, -0.15) is 5.10 Å². The monoisotopic (exact) mass is 495 g/mol. The lowest BCUT2D eigenvalue weighted by Gasteiger charge is -2.31. The van der Waals surface area contributed by atoms with Crippen LogP contribution in [0.5, 0.6) is 0 Å². The van der Waals surface area contributed by atoms with Gasteiger partial charge in [0.15, 0.2) is 11.9 Å². The predicted octanol–water partition coefficient (Wildman–Crippen LogP) is 5.33. The topological polar surface area (TPSA) is 89.4 Å². The molecule has 2 aliphatic heterocycles. The van der Waals surface area contributed by atoms with E-state index in [-0.39, 0.29) is 30.1 Å². The van der Waals surface area contributed by atoms with Crippen LogP contribution >= 0.6 is 0 Å². The molecular formula is C27H27F2N3O4. The van der Waals surface area contributed by atoms with Crippen LogP contribution in [0.25, 0.3) is 27.5 Å². The van der Waals surface area contributed by atoms with Crippen molar-refractivity contribution in [1.29, 1.82) is 0 Å². The summed E-state index contributed by atoms with van der Waals surface area (Å²) in [6.45, 7) is 3.11. The van der Waals surface area contributed by atoms with Gasteiger partial charge in [-0.05, 0) is 68.0 Å². The molecule has 2 aromatic heterocycles. The number of ether oxygens (including phenoxy) is 2. The van der Waals surface area contributed by atoms with Crippen molar-refractivity contribution in [1.82, 2.24) is 14.8 Å². The van der Waals surface area contributed by atoms with E-state index < -0.39 is 12.1 Å². The molecule has 6 rings (SSSR count). The Morgan fingerprint density at radius 1 is 1.14 bits per heavy atom. The molecule has 0 bridgehead atoms. The van der Waals surface area contributed by atoms with Gasteiger partial charge in [-0.3, -0.25) is 5.10 Å². The van der Waals surface area contributed by atoms with Crippen molar-refractivity contribution in [2.75, 3.05) is 19.8 Å². The van der Waals surface area contributed by atoms with Crippen molar-refractivity contribution < 1.29 is 28.2 Å². The molecule has 2 aromatic carbocycles. The number of aromatic nitrogens is 3. The van der Waals surface area contributed by atoms with E-state index in [9.17, 15) is 14.3 Å². The molecule has 2 aliphatic rings. The van der Waals surface area contributed by atoms with Gasteiger partial charge in [-0.1, -0.05) is 0 Å². The zero-order valence-corrected chi connectivity index (χ0v) is 19.9. The number of hydrogen-bond donors (Lipinski definition) is 2. The normalized spacial score (nSPS) is 21.4. The summed E-state index contributed by atoms with van der Waals surface area (Å²) in [6, 6.07) is 6.88. The van der Waals surface area contributed by atoms with Crippen LogP contribution in [0.15, 0.2) is 30.5 Å². The van der Waals surface area contributed by atoms with Gasteiger partial charge in [0, 0.05) is 47.2 Å². The van der Waals surface area contributed by atoms with Crippen molar-refractivity contribution in [2.24, 2.45) is 0 Å². The Morgan fingerprint density at radius 2 is 1.94 bits per heavy atom. The van der Waals surface area contributed by atoms with Crippen LogP contribution in [0.1, 0.15) is 54.3 Å². The van der Waals surface area contributed by atoms with Crippen molar-refractivity contribution in [3.8, 4) is 5.69 Å². The van der Waals surface area contributed by atoms with Gasteiger partial charge in [0.1, 0.15) is 11.3 Å². The molecule has 0 saturated carbocycles. The number of nitrogens with one attached hydrogen (secondary N) is 1. The lowest BCUT2D eigenvalue weighted by atomic mass is 9.84. The fourth-order valence-corrected chi connectivity index (χ4v) is 5.86. The molecule has 7 nitrogen and oxygen atoms in total. The Labute approximate surface area is 206 Å². The molecule has 188 valence electrons. The van der Waals surface area contributed by atoms with Crippen LogP contribution in [0, 0.1) is 18.6 Å². The SMILES string of the molecule is Cc1cc(-n2c(C3CCOCC3)c([C@H]3CCC(C(=O)O)OC3)c3c(F)c4[nH]ncc4cc32)ccc1F. The average Bonchev–Trinajstić information content (AvgIpc) is 3.50. The lowest BCUT2D eigenvalue weighted by Crippen LogP contribution is -2.32. The first kappa shape index (κ1) is 23.1. The highest BCUT2D eigenvalue weighted by molar-refractivity contribution is 6.00. The fraction of sp³-hybridized carbons (Fsp3) is 0.407. The first-order valence-electron chi connectivity index (χ1n) is 12.3. The third kappa shape index (κ3) is 3.69. The molecule has 9 heteroatoms. The maximum absolute atomic E-state index is 16.2. The van der Waals surface area contributed by atoms with E-state index in [1.807, 2.05) is 6.07 Å². The fourth-order valence-electron chi connectivity index (χ4n) is 5.86. The number of carbonyl (C=O) groups is 1. The van der Waals surface area contributed by atoms with Gasteiger partial charge < -0.3 is 19.1 Å². The number of carboxylic acid groups (broad SMARTS) is 1. The van der Waals surface area contributed by atoms with E-state index in [1.165, 1.54) is 6.07 Å². The van der Waals surface area contributed by atoms with Gasteiger partial charge in [0.25, 0.3) is 0 Å². The van der Waals surface area contributed by atoms with E-state index >= 15 is 4.39 Å². The van der Waals surface area contributed by atoms with Crippen molar-refractivity contribution in [3.63, 3.8) is 0 Å². The minimum atomic E-state index is -0.979. The second-order valence-electron chi connectivity index (χ2n) is 9.81. The van der Waals surface area contributed by atoms with Crippen LogP contribution in [0.2, 0.25) is 0 Å². The number of halogens is 2. The molecule has 0 aliphatic carbocycles. The molecule has 4 aromatic rings. The number of nitrogens with zero attached hydrogens (tertiary/aromatic N) is 2. The van der Waals surface area contributed by atoms with Gasteiger partial charge in [-0.25, -0.2) is 13.6 Å². The number of hydrogen-bond acceptors (Lipinski definition) is 4. The van der Waals surface area contributed by atoms with Crippen molar-refractivity contribution >= 4 is 27.8 Å². The summed E-state index contributed by atoms with van der Waals surface area (Å²) in [7, 11) is 0. The largest absolute Gasteiger partial charge is 0.479 e. The standard InChI is InChI=1S/C27H27F2N3O4/c1-14-10-18(3-4-19(14)28)32-20-11-17-12-30-31-25(17)24(29)23(20)22(26(32)15-6-8-35-9-7-15)16-2-5-21(27(33)34)36-13-16/h3-4,10-12,15-16,21H,2,5-9,13H2,1H3,(H,30,31)(H,33,34)/t16-,21?/m0/s1. The summed E-state index contributed by atoms with van der Waals surface area (Å²) >= 11 is 0. The number of benzene rings is 2. The van der Waals surface area contributed by atoms with Crippen LogP contribution in [0.3, 0.4) is 0 Å². The summed E-state index contributed by atoms with van der Waals surface area (Å²) in [5.74, 6) is -1.75. The summed E-state index contributed by atoms with van der Waals surface area (Å²) in [6.07, 6.45) is 3.20. The van der Waals surface area contributed by atoms with Gasteiger partial charge >= 0.3 is 5.97 Å². The van der Waals surface area contributed by atoms with E-state index in [1.54, 1.807) is 25.3 Å². The second kappa shape index (κ2) is 8.97. The van der Waals surface area contributed by atoms with Crippen molar-refractivity contribution in [2.45, 2.75) is 50.5 Å². The first-order chi connectivity index (χ1) is 17.4. The van der Waals surface area contributed by atoms with Crippen molar-refractivity contribution in [3.05, 3.63) is 58.9 Å². The number of H-pyrrole nitrogens is 1. The molecule has 0 radical (unpaired) electrons. The summed E-state index contributed by atoms with van der Waals surface area (Å²) in [5.41, 5.74) is 4.09. The van der Waals surface area contributed by atoms with Gasteiger partial charge in [-0.15, -0.1) is 0 Å². The molecule has 4 heterocycles. The molecule has 0 amide bonds. The zero-order valence-electron chi connectivity index (χ0n) is 19.9. The van der Waals surface area contributed by atoms with E-state index in [0.29, 0.717) is 53.4 Å². The number of carboxylic acids is 1. The molecule has 0 spiro atoms. The predicted molar refractivity (Wildman–Crippen MR) is 130 cm³/mol.